The molecule has 1 aliphatic heterocycles. The normalized spacial score (nSPS) is 21.4. The highest BCUT2D eigenvalue weighted by Crippen LogP contribution is 2.38. The summed E-state index contributed by atoms with van der Waals surface area (Å²) in [6, 6.07) is 21.3. The van der Waals surface area contributed by atoms with Crippen molar-refractivity contribution < 1.29 is 9.53 Å². The van der Waals surface area contributed by atoms with Gasteiger partial charge >= 0.3 is 5.97 Å². The van der Waals surface area contributed by atoms with Crippen LogP contribution < -0.4 is 0 Å². The highest BCUT2D eigenvalue weighted by molar-refractivity contribution is 5.74. The van der Waals surface area contributed by atoms with Crippen LogP contribution in [0.1, 0.15) is 24.1 Å². The van der Waals surface area contributed by atoms with Gasteiger partial charge in [-0.05, 0) is 18.1 Å². The van der Waals surface area contributed by atoms with Crippen molar-refractivity contribution in [2.45, 2.75) is 19.0 Å². The van der Waals surface area contributed by atoms with Crippen molar-refractivity contribution in [3.8, 4) is 0 Å². The van der Waals surface area contributed by atoms with Crippen LogP contribution in [0, 0.1) is 5.92 Å². The maximum Gasteiger partial charge on any atom is 0.311 e. The van der Waals surface area contributed by atoms with E-state index < -0.39 is 0 Å². The molecular formula is C19H21NO2. The van der Waals surface area contributed by atoms with Gasteiger partial charge in [0.25, 0.3) is 0 Å². The smallest absolute Gasteiger partial charge is 0.311 e. The average Bonchev–Trinajstić information content (AvgIpc) is 2.58. The van der Waals surface area contributed by atoms with Gasteiger partial charge in [0.2, 0.25) is 0 Å². The van der Waals surface area contributed by atoms with E-state index in [1.54, 1.807) is 0 Å². The molecule has 3 nitrogen and oxygen atoms in total. The second-order valence-corrected chi connectivity index (χ2v) is 5.79. The number of nitrogens with zero attached hydrogens (tertiary/aromatic N) is 1. The fraction of sp³-hybridized carbons (Fsp3) is 0.316. The van der Waals surface area contributed by atoms with Gasteiger partial charge in [0.05, 0.1) is 19.1 Å². The third-order valence-corrected chi connectivity index (χ3v) is 4.58. The van der Waals surface area contributed by atoms with Gasteiger partial charge in [-0.25, -0.2) is 0 Å². The van der Waals surface area contributed by atoms with Crippen LogP contribution in [0.25, 0.3) is 0 Å². The zero-order valence-electron chi connectivity index (χ0n) is 13.0. The van der Waals surface area contributed by atoms with Crippen LogP contribution in [0.2, 0.25) is 0 Å². The monoisotopic (exact) mass is 295 g/mol. The van der Waals surface area contributed by atoms with Crippen molar-refractivity contribution in [3.05, 3.63) is 71.8 Å². The van der Waals surface area contributed by atoms with Crippen LogP contribution in [0.5, 0.6) is 0 Å². The summed E-state index contributed by atoms with van der Waals surface area (Å²) in [5.41, 5.74) is 2.51. The molecule has 3 rings (SSSR count). The van der Waals surface area contributed by atoms with E-state index >= 15 is 0 Å². The molecular weight excluding hydrogens is 274 g/mol. The number of likely N-dealkylation sites (tertiary alicyclic amines) is 1. The molecule has 2 atom stereocenters. The van der Waals surface area contributed by atoms with E-state index in [0.717, 1.165) is 6.54 Å². The lowest BCUT2D eigenvalue weighted by molar-refractivity contribution is -0.157. The van der Waals surface area contributed by atoms with Gasteiger partial charge in [-0.15, -0.1) is 0 Å². The first kappa shape index (κ1) is 14.8. The van der Waals surface area contributed by atoms with Crippen molar-refractivity contribution in [1.29, 1.82) is 0 Å². The number of carbonyl (C=O) groups excluding carboxylic acids is 1. The number of benzene rings is 2. The van der Waals surface area contributed by atoms with Gasteiger partial charge in [0.15, 0.2) is 0 Å². The molecule has 1 aliphatic rings. The Morgan fingerprint density at radius 2 is 1.55 bits per heavy atom. The van der Waals surface area contributed by atoms with Gasteiger partial charge in [-0.3, -0.25) is 9.69 Å². The van der Waals surface area contributed by atoms with Crippen LogP contribution >= 0.6 is 0 Å². The van der Waals surface area contributed by atoms with Gasteiger partial charge in [-0.2, -0.15) is 0 Å². The van der Waals surface area contributed by atoms with E-state index in [0.29, 0.717) is 0 Å². The number of ether oxygens (including phenoxy) is 1. The standard InChI is InChI=1S/C19H21NO2/c1-14-17(19(21)22-2)13-20(14)18(15-9-5-3-6-10-15)16-11-7-4-8-12-16/h3-12,14,17-18H,13H2,1-2H3/t14-,17-/m0/s1. The SMILES string of the molecule is COC(=O)[C@H]1CN(C(c2ccccc2)c2ccccc2)[C@H]1C. The van der Waals surface area contributed by atoms with E-state index in [2.05, 4.69) is 60.4 Å². The zero-order chi connectivity index (χ0) is 15.5. The van der Waals surface area contributed by atoms with E-state index in [1.165, 1.54) is 18.2 Å². The topological polar surface area (TPSA) is 29.5 Å². The molecule has 0 aromatic heterocycles. The van der Waals surface area contributed by atoms with Gasteiger partial charge in [0.1, 0.15) is 0 Å². The maximum absolute atomic E-state index is 11.8. The predicted octanol–water partition coefficient (Wildman–Crippen LogP) is 3.27. The first-order valence-corrected chi connectivity index (χ1v) is 7.66. The Balaban J connectivity index is 1.90. The first-order chi connectivity index (χ1) is 10.7. The van der Waals surface area contributed by atoms with Crippen LogP contribution in [0.15, 0.2) is 60.7 Å². The minimum absolute atomic E-state index is 0.0278. The van der Waals surface area contributed by atoms with Crippen molar-refractivity contribution in [1.82, 2.24) is 4.90 Å². The average molecular weight is 295 g/mol. The number of carbonyl (C=O) groups is 1. The molecule has 2 aromatic carbocycles. The Bertz CT molecular complexity index is 587. The first-order valence-electron chi connectivity index (χ1n) is 7.66. The molecule has 0 amide bonds. The third kappa shape index (κ3) is 2.64. The Labute approximate surface area is 131 Å². The van der Waals surface area contributed by atoms with Crippen LogP contribution in [-0.2, 0) is 9.53 Å². The molecule has 0 unspecified atom stereocenters. The Morgan fingerprint density at radius 1 is 1.05 bits per heavy atom. The van der Waals surface area contributed by atoms with E-state index in [4.69, 9.17) is 4.74 Å². The summed E-state index contributed by atoms with van der Waals surface area (Å²) in [5.74, 6) is -0.136. The third-order valence-electron chi connectivity index (χ3n) is 4.58. The molecule has 0 spiro atoms. The van der Waals surface area contributed by atoms with E-state index in [9.17, 15) is 4.79 Å². The van der Waals surface area contributed by atoms with Gasteiger partial charge in [-0.1, -0.05) is 60.7 Å². The largest absolute Gasteiger partial charge is 0.469 e. The molecule has 1 fully saturated rings. The molecule has 0 N–H and O–H groups in total. The molecule has 2 aromatic rings. The van der Waals surface area contributed by atoms with Crippen molar-refractivity contribution >= 4 is 5.97 Å². The summed E-state index contributed by atoms with van der Waals surface area (Å²) in [7, 11) is 1.46. The molecule has 0 saturated carbocycles. The predicted molar refractivity (Wildman–Crippen MR) is 86.4 cm³/mol. The van der Waals surface area contributed by atoms with Crippen LogP contribution in [-0.4, -0.2) is 30.6 Å². The summed E-state index contributed by atoms with van der Waals surface area (Å²) in [6.07, 6.45) is 0. The second-order valence-electron chi connectivity index (χ2n) is 5.79. The van der Waals surface area contributed by atoms with Gasteiger partial charge < -0.3 is 4.74 Å². The fourth-order valence-electron chi connectivity index (χ4n) is 3.25. The molecule has 1 heterocycles. The maximum atomic E-state index is 11.8. The van der Waals surface area contributed by atoms with Crippen LogP contribution in [0.4, 0.5) is 0 Å². The molecule has 3 heteroatoms. The summed E-state index contributed by atoms with van der Waals surface area (Å²) in [4.78, 5) is 14.2. The second kappa shape index (κ2) is 6.32. The summed E-state index contributed by atoms with van der Waals surface area (Å²) < 4.78 is 4.90. The van der Waals surface area contributed by atoms with E-state index in [-0.39, 0.29) is 24.0 Å². The lowest BCUT2D eigenvalue weighted by atomic mass is 9.84. The number of hydrogen-bond acceptors (Lipinski definition) is 3. The zero-order valence-corrected chi connectivity index (χ0v) is 13.0. The lowest BCUT2D eigenvalue weighted by Crippen LogP contribution is -2.59. The van der Waals surface area contributed by atoms with E-state index in [1.807, 2.05) is 12.1 Å². The van der Waals surface area contributed by atoms with Crippen molar-refractivity contribution in [2.75, 3.05) is 13.7 Å². The molecule has 0 bridgehead atoms. The molecule has 0 aliphatic carbocycles. The Morgan fingerprint density at radius 3 is 1.95 bits per heavy atom. The number of esters is 1. The lowest BCUT2D eigenvalue weighted by Gasteiger charge is -2.49. The Kier molecular flexibility index (Phi) is 4.25. The molecule has 1 saturated heterocycles. The quantitative estimate of drug-likeness (QED) is 0.811. The highest BCUT2D eigenvalue weighted by atomic mass is 16.5. The molecule has 114 valence electrons. The number of methoxy groups -OCH3 is 1. The van der Waals surface area contributed by atoms with Crippen LogP contribution in [0.3, 0.4) is 0 Å². The van der Waals surface area contributed by atoms with Gasteiger partial charge in [0, 0.05) is 12.6 Å². The minimum Gasteiger partial charge on any atom is -0.469 e. The highest BCUT2D eigenvalue weighted by Gasteiger charge is 2.45. The summed E-state index contributed by atoms with van der Waals surface area (Å²) in [6.45, 7) is 2.84. The van der Waals surface area contributed by atoms with Crippen molar-refractivity contribution in [2.24, 2.45) is 5.92 Å². The Hall–Kier alpha value is -2.13. The molecule has 22 heavy (non-hydrogen) atoms. The number of rotatable bonds is 4. The fourth-order valence-corrected chi connectivity index (χ4v) is 3.25. The summed E-state index contributed by atoms with van der Waals surface area (Å²) in [5, 5.41) is 0. The number of hydrogen-bond donors (Lipinski definition) is 0. The summed E-state index contributed by atoms with van der Waals surface area (Å²) >= 11 is 0. The molecule has 0 radical (unpaired) electrons. The minimum atomic E-state index is -0.108. The van der Waals surface area contributed by atoms with Crippen molar-refractivity contribution in [3.63, 3.8) is 0 Å².